The van der Waals surface area contributed by atoms with Crippen LogP contribution in [-0.4, -0.2) is 12.6 Å². The van der Waals surface area contributed by atoms with E-state index in [1.54, 1.807) is 0 Å². The molecule has 0 atom stereocenters. The normalized spacial score (nSPS) is 11.9. The van der Waals surface area contributed by atoms with Crippen LogP contribution in [0.3, 0.4) is 0 Å². The summed E-state index contributed by atoms with van der Waals surface area (Å²) in [6, 6.07) is 74.4. The number of benzene rings is 8. The van der Waals surface area contributed by atoms with Crippen molar-refractivity contribution < 1.29 is 0 Å². The Bertz CT molecular complexity index is 2740. The molecule has 0 saturated carbocycles. The van der Waals surface area contributed by atoms with Crippen LogP contribution in [0.5, 0.6) is 0 Å². The molecule has 0 bridgehead atoms. The van der Waals surface area contributed by atoms with Gasteiger partial charge in [-0.3, -0.25) is 0 Å². The predicted molar refractivity (Wildman–Crippen MR) is 223 cm³/mol. The van der Waals surface area contributed by atoms with Crippen molar-refractivity contribution in [2.45, 2.75) is 0 Å². The van der Waals surface area contributed by atoms with E-state index < -0.39 is 8.07 Å². The summed E-state index contributed by atoms with van der Waals surface area (Å²) in [5, 5.41) is 10.7. The zero-order valence-corrected chi connectivity index (χ0v) is 29.7. The van der Waals surface area contributed by atoms with Gasteiger partial charge in [-0.2, -0.15) is 0 Å². The van der Waals surface area contributed by atoms with Crippen molar-refractivity contribution in [1.82, 2.24) is 4.57 Å². The SMILES string of the molecule is c1ccc([Si](c2ccccc2)(c2ccc(-c3cccc4c3sc3ccccc34)cc2)c2ccc(-n3c4ccccc4c4ccccc43)cc2)cc1. The van der Waals surface area contributed by atoms with E-state index in [0.717, 1.165) is 0 Å². The van der Waals surface area contributed by atoms with Gasteiger partial charge in [-0.1, -0.05) is 170 Å². The molecule has 0 aliphatic rings. The molecule has 10 rings (SSSR count). The lowest BCUT2D eigenvalue weighted by Crippen LogP contribution is -2.74. The van der Waals surface area contributed by atoms with Gasteiger partial charge in [-0.25, -0.2) is 0 Å². The number of hydrogen-bond donors (Lipinski definition) is 0. The molecule has 10 aromatic rings. The van der Waals surface area contributed by atoms with E-state index in [4.69, 9.17) is 0 Å². The molecule has 0 aliphatic heterocycles. The van der Waals surface area contributed by atoms with Gasteiger partial charge in [-0.15, -0.1) is 11.3 Å². The highest BCUT2D eigenvalue weighted by Gasteiger charge is 2.41. The maximum atomic E-state index is 2.41. The first-order valence-electron chi connectivity index (χ1n) is 17.5. The van der Waals surface area contributed by atoms with Crippen LogP contribution in [0.15, 0.2) is 200 Å². The molecule has 0 spiro atoms. The van der Waals surface area contributed by atoms with Gasteiger partial charge in [0.1, 0.15) is 0 Å². The van der Waals surface area contributed by atoms with E-state index in [-0.39, 0.29) is 0 Å². The topological polar surface area (TPSA) is 4.93 Å². The molecular formula is C48H33NSSi. The van der Waals surface area contributed by atoms with Gasteiger partial charge >= 0.3 is 0 Å². The Morgan fingerprint density at radius 2 is 0.824 bits per heavy atom. The molecule has 0 fully saturated rings. The highest BCUT2D eigenvalue weighted by atomic mass is 32.1. The monoisotopic (exact) mass is 683 g/mol. The van der Waals surface area contributed by atoms with E-state index in [0.29, 0.717) is 0 Å². The van der Waals surface area contributed by atoms with Crippen molar-refractivity contribution >= 4 is 82.1 Å². The number of fused-ring (bicyclic) bond motifs is 6. The van der Waals surface area contributed by atoms with Gasteiger partial charge in [0.05, 0.1) is 11.0 Å². The average molecular weight is 684 g/mol. The third kappa shape index (κ3) is 4.66. The second kappa shape index (κ2) is 12.1. The quantitative estimate of drug-likeness (QED) is 0.121. The van der Waals surface area contributed by atoms with Crippen molar-refractivity contribution in [3.8, 4) is 16.8 Å². The lowest BCUT2D eigenvalue weighted by atomic mass is 10.0. The first-order valence-corrected chi connectivity index (χ1v) is 20.3. The standard InChI is InChI=1S/C48H33NSSi/c1-3-14-36(15-4-1)51(37-16-5-2-6-17-37,38-30-26-34(27-31-38)40-21-13-22-44-43-20-9-12-25-47(43)50-48(40)44)39-32-28-35(29-33-39)49-45-23-10-7-18-41(45)42-19-8-11-24-46(42)49/h1-33H. The molecule has 0 amide bonds. The molecule has 0 radical (unpaired) electrons. The number of aromatic nitrogens is 1. The summed E-state index contributed by atoms with van der Waals surface area (Å²) < 4.78 is 5.09. The second-order valence-corrected chi connectivity index (χ2v) is 18.1. The molecule has 0 N–H and O–H groups in total. The van der Waals surface area contributed by atoms with E-state index in [1.165, 1.54) is 79.5 Å². The third-order valence-corrected chi connectivity index (χ3v) is 16.6. The molecule has 8 aromatic carbocycles. The Labute approximate surface area is 302 Å². The predicted octanol–water partition coefficient (Wildman–Crippen LogP) is 10.2. The molecule has 240 valence electrons. The van der Waals surface area contributed by atoms with E-state index in [9.17, 15) is 0 Å². The lowest BCUT2D eigenvalue weighted by molar-refractivity contribution is 1.18. The molecule has 2 aromatic heterocycles. The summed E-state index contributed by atoms with van der Waals surface area (Å²) in [6.45, 7) is 0. The average Bonchev–Trinajstić information content (AvgIpc) is 3.76. The molecule has 0 saturated heterocycles. The Kier molecular flexibility index (Phi) is 7.09. The Balaban J connectivity index is 1.17. The van der Waals surface area contributed by atoms with Gasteiger partial charge in [0.15, 0.2) is 8.07 Å². The van der Waals surface area contributed by atoms with Crippen LogP contribution >= 0.6 is 11.3 Å². The fourth-order valence-corrected chi connectivity index (χ4v) is 14.3. The van der Waals surface area contributed by atoms with Crippen molar-refractivity contribution in [2.75, 3.05) is 0 Å². The van der Waals surface area contributed by atoms with Gasteiger partial charge in [0.2, 0.25) is 0 Å². The van der Waals surface area contributed by atoms with Crippen molar-refractivity contribution in [1.29, 1.82) is 0 Å². The largest absolute Gasteiger partial charge is 0.309 e. The summed E-state index contributed by atoms with van der Waals surface area (Å²) in [5.74, 6) is 0. The summed E-state index contributed by atoms with van der Waals surface area (Å²) >= 11 is 1.89. The van der Waals surface area contributed by atoms with Crippen LogP contribution in [0.25, 0.3) is 58.8 Å². The zero-order chi connectivity index (χ0) is 33.8. The van der Waals surface area contributed by atoms with E-state index in [1.807, 2.05) is 11.3 Å². The lowest BCUT2D eigenvalue weighted by Gasteiger charge is -2.34. The van der Waals surface area contributed by atoms with Gasteiger partial charge in [0, 0.05) is 36.6 Å². The van der Waals surface area contributed by atoms with Crippen LogP contribution < -0.4 is 20.7 Å². The molecule has 0 aliphatic carbocycles. The first kappa shape index (κ1) is 29.9. The third-order valence-electron chi connectivity index (χ3n) is 10.6. The maximum Gasteiger partial charge on any atom is 0.179 e. The van der Waals surface area contributed by atoms with Gasteiger partial charge in [-0.05, 0) is 62.2 Å². The summed E-state index contributed by atoms with van der Waals surface area (Å²) in [5.41, 5.74) is 6.17. The fraction of sp³-hybridized carbons (Fsp3) is 0. The minimum atomic E-state index is -2.73. The number of rotatable bonds is 6. The molecule has 2 heterocycles. The van der Waals surface area contributed by atoms with Crippen LogP contribution in [0.1, 0.15) is 0 Å². The molecular weight excluding hydrogens is 651 g/mol. The van der Waals surface area contributed by atoms with Crippen LogP contribution in [-0.2, 0) is 0 Å². The van der Waals surface area contributed by atoms with Crippen molar-refractivity contribution in [3.63, 3.8) is 0 Å². The minimum Gasteiger partial charge on any atom is -0.309 e. The Morgan fingerprint density at radius 1 is 0.353 bits per heavy atom. The highest BCUT2D eigenvalue weighted by molar-refractivity contribution is 7.26. The number of thiophene rings is 1. The molecule has 0 unspecified atom stereocenters. The number of hydrogen-bond acceptors (Lipinski definition) is 1. The van der Waals surface area contributed by atoms with Crippen molar-refractivity contribution in [2.24, 2.45) is 0 Å². The summed E-state index contributed by atoms with van der Waals surface area (Å²) in [6.07, 6.45) is 0. The van der Waals surface area contributed by atoms with Gasteiger partial charge in [0.25, 0.3) is 0 Å². The zero-order valence-electron chi connectivity index (χ0n) is 27.9. The molecule has 3 heteroatoms. The fourth-order valence-electron chi connectivity index (χ4n) is 8.31. The number of para-hydroxylation sites is 2. The Hall–Kier alpha value is -6.00. The smallest absolute Gasteiger partial charge is 0.179 e. The van der Waals surface area contributed by atoms with Crippen molar-refractivity contribution in [3.05, 3.63) is 200 Å². The van der Waals surface area contributed by atoms with Crippen LogP contribution in [0, 0.1) is 0 Å². The number of nitrogens with zero attached hydrogens (tertiary/aromatic N) is 1. The Morgan fingerprint density at radius 3 is 1.43 bits per heavy atom. The van der Waals surface area contributed by atoms with Crippen LogP contribution in [0.2, 0.25) is 0 Å². The van der Waals surface area contributed by atoms with Crippen LogP contribution in [0.4, 0.5) is 0 Å². The van der Waals surface area contributed by atoms with E-state index >= 15 is 0 Å². The summed E-state index contributed by atoms with van der Waals surface area (Å²) in [4.78, 5) is 0. The summed E-state index contributed by atoms with van der Waals surface area (Å²) in [7, 11) is -2.73. The van der Waals surface area contributed by atoms with E-state index in [2.05, 4.69) is 205 Å². The molecule has 1 nitrogen and oxygen atoms in total. The second-order valence-electron chi connectivity index (χ2n) is 13.3. The highest BCUT2D eigenvalue weighted by Crippen LogP contribution is 2.39. The maximum absolute atomic E-state index is 2.73. The molecule has 51 heavy (non-hydrogen) atoms. The first-order chi connectivity index (χ1) is 25.3. The minimum absolute atomic E-state index is 1.17. The van der Waals surface area contributed by atoms with Gasteiger partial charge < -0.3 is 4.57 Å².